The van der Waals surface area contributed by atoms with Crippen LogP contribution in [0.15, 0.2) is 36.4 Å². The summed E-state index contributed by atoms with van der Waals surface area (Å²) in [6.07, 6.45) is 0. The van der Waals surface area contributed by atoms with E-state index in [1.807, 2.05) is 0 Å². The van der Waals surface area contributed by atoms with Gasteiger partial charge in [-0.15, -0.1) is 0 Å². The summed E-state index contributed by atoms with van der Waals surface area (Å²) in [5, 5.41) is 16.0. The Morgan fingerprint density at radius 1 is 0.920 bits per heavy atom. The van der Waals surface area contributed by atoms with Crippen molar-refractivity contribution in [1.82, 2.24) is 0 Å². The van der Waals surface area contributed by atoms with Crippen LogP contribution in [0.4, 0.5) is 21.9 Å². The number of benzene rings is 2. The number of non-ortho nitro benzene ring substituents is 1. The third-order valence-corrected chi connectivity index (χ3v) is 3.29. The van der Waals surface area contributed by atoms with Crippen LogP contribution in [0, 0.1) is 10.1 Å². The highest BCUT2D eigenvalue weighted by molar-refractivity contribution is 6.01. The van der Waals surface area contributed by atoms with E-state index in [9.17, 15) is 14.9 Å². The molecule has 0 heterocycles. The lowest BCUT2D eigenvalue weighted by molar-refractivity contribution is -0.384. The van der Waals surface area contributed by atoms with Crippen molar-refractivity contribution in [2.45, 2.75) is 0 Å². The fourth-order valence-corrected chi connectivity index (χ4v) is 2.10. The summed E-state index contributed by atoms with van der Waals surface area (Å²) in [6, 6.07) is 8.26. The van der Waals surface area contributed by atoms with Crippen LogP contribution < -0.4 is 24.8 Å². The van der Waals surface area contributed by atoms with Crippen molar-refractivity contribution in [3.63, 3.8) is 0 Å². The number of carbonyl (C=O) groups is 1. The summed E-state index contributed by atoms with van der Waals surface area (Å²) in [5.41, 5.74) is 0.643. The first-order valence-electron chi connectivity index (χ1n) is 7.11. The predicted molar refractivity (Wildman–Crippen MR) is 91.8 cm³/mol. The van der Waals surface area contributed by atoms with E-state index in [-0.39, 0.29) is 11.4 Å². The molecule has 0 bridgehead atoms. The quantitative estimate of drug-likeness (QED) is 0.613. The topological polar surface area (TPSA) is 112 Å². The molecule has 2 rings (SSSR count). The number of nitro benzene ring substituents is 1. The molecule has 2 aromatic carbocycles. The highest BCUT2D eigenvalue weighted by Crippen LogP contribution is 2.31. The second-order valence-corrected chi connectivity index (χ2v) is 4.79. The number of anilines is 2. The Hall–Kier alpha value is -3.49. The lowest BCUT2D eigenvalue weighted by Crippen LogP contribution is -2.19. The minimum atomic E-state index is -0.546. The molecule has 0 aromatic heterocycles. The average Bonchev–Trinajstić information content (AvgIpc) is 2.61. The number of hydrogen-bond acceptors (Lipinski definition) is 6. The van der Waals surface area contributed by atoms with Crippen molar-refractivity contribution in [2.75, 3.05) is 32.0 Å². The highest BCUT2D eigenvalue weighted by atomic mass is 16.6. The van der Waals surface area contributed by atoms with Gasteiger partial charge < -0.3 is 24.8 Å². The maximum atomic E-state index is 12.1. The molecular weight excluding hydrogens is 330 g/mol. The largest absolute Gasteiger partial charge is 0.494 e. The standard InChI is InChI=1S/C16H17N3O6/c1-23-13-7-4-10(8-15(13)25-3)17-16(20)18-12-6-5-11(19(21)22)9-14(12)24-2/h4-9H,1-3H3,(H2,17,18,20). The summed E-state index contributed by atoms with van der Waals surface area (Å²) in [6.45, 7) is 0. The molecule has 2 N–H and O–H groups in total. The fourth-order valence-electron chi connectivity index (χ4n) is 2.10. The van der Waals surface area contributed by atoms with Gasteiger partial charge in [0.1, 0.15) is 5.75 Å². The van der Waals surface area contributed by atoms with Gasteiger partial charge in [-0.05, 0) is 18.2 Å². The SMILES string of the molecule is COc1cc([N+](=O)[O-])ccc1NC(=O)Nc1ccc(OC)c(OC)c1. The molecule has 0 spiro atoms. The molecule has 2 amide bonds. The van der Waals surface area contributed by atoms with Crippen molar-refractivity contribution >= 4 is 23.1 Å². The molecule has 132 valence electrons. The number of methoxy groups -OCH3 is 3. The Labute approximate surface area is 143 Å². The molecule has 0 aliphatic carbocycles. The first-order valence-corrected chi connectivity index (χ1v) is 7.11. The number of nitrogens with one attached hydrogen (secondary N) is 2. The van der Waals surface area contributed by atoms with Crippen molar-refractivity contribution in [1.29, 1.82) is 0 Å². The Kier molecular flexibility index (Phi) is 5.62. The smallest absolute Gasteiger partial charge is 0.323 e. The van der Waals surface area contributed by atoms with Crippen LogP contribution in [0.3, 0.4) is 0 Å². The van der Waals surface area contributed by atoms with E-state index in [1.54, 1.807) is 18.2 Å². The van der Waals surface area contributed by atoms with Crippen LogP contribution in [0.2, 0.25) is 0 Å². The average molecular weight is 347 g/mol. The van der Waals surface area contributed by atoms with Gasteiger partial charge in [0.2, 0.25) is 0 Å². The number of ether oxygens (including phenoxy) is 3. The van der Waals surface area contributed by atoms with Gasteiger partial charge in [-0.25, -0.2) is 4.79 Å². The lowest BCUT2D eigenvalue weighted by Gasteiger charge is -2.13. The summed E-state index contributed by atoms with van der Waals surface area (Å²) in [7, 11) is 4.36. The third kappa shape index (κ3) is 4.28. The van der Waals surface area contributed by atoms with E-state index in [0.717, 1.165) is 0 Å². The zero-order valence-corrected chi connectivity index (χ0v) is 13.9. The number of rotatable bonds is 6. The molecule has 0 radical (unpaired) electrons. The van der Waals surface area contributed by atoms with Crippen molar-refractivity contribution < 1.29 is 23.9 Å². The summed E-state index contributed by atoms with van der Waals surface area (Å²) >= 11 is 0. The van der Waals surface area contributed by atoms with Gasteiger partial charge in [-0.1, -0.05) is 0 Å². The first kappa shape index (κ1) is 17.9. The number of urea groups is 1. The van der Waals surface area contributed by atoms with E-state index in [2.05, 4.69) is 10.6 Å². The monoisotopic (exact) mass is 347 g/mol. The summed E-state index contributed by atoms with van der Waals surface area (Å²) in [5.74, 6) is 1.18. The fraction of sp³-hybridized carbons (Fsp3) is 0.188. The van der Waals surface area contributed by atoms with Gasteiger partial charge >= 0.3 is 6.03 Å². The van der Waals surface area contributed by atoms with Crippen LogP contribution in [-0.2, 0) is 0 Å². The van der Waals surface area contributed by atoms with Crippen molar-refractivity contribution in [3.8, 4) is 17.2 Å². The van der Waals surface area contributed by atoms with Crippen LogP contribution in [-0.4, -0.2) is 32.3 Å². The van der Waals surface area contributed by atoms with Gasteiger partial charge in [0.05, 0.1) is 38.0 Å². The normalized spacial score (nSPS) is 9.88. The van der Waals surface area contributed by atoms with Gasteiger partial charge in [0, 0.05) is 17.8 Å². The molecule has 0 aliphatic rings. The van der Waals surface area contributed by atoms with E-state index in [0.29, 0.717) is 22.9 Å². The minimum Gasteiger partial charge on any atom is -0.494 e. The van der Waals surface area contributed by atoms with Crippen LogP contribution >= 0.6 is 0 Å². The Morgan fingerprint density at radius 3 is 2.20 bits per heavy atom. The molecule has 0 saturated heterocycles. The second-order valence-electron chi connectivity index (χ2n) is 4.79. The Bertz CT molecular complexity index is 793. The van der Waals surface area contributed by atoms with Crippen molar-refractivity contribution in [3.05, 3.63) is 46.5 Å². The molecule has 0 aliphatic heterocycles. The molecule has 0 saturated carbocycles. The van der Waals surface area contributed by atoms with Gasteiger partial charge in [-0.3, -0.25) is 10.1 Å². The molecule has 9 nitrogen and oxygen atoms in total. The van der Waals surface area contributed by atoms with Crippen LogP contribution in [0.25, 0.3) is 0 Å². The molecule has 0 fully saturated rings. The number of hydrogen-bond donors (Lipinski definition) is 2. The Morgan fingerprint density at radius 2 is 1.60 bits per heavy atom. The maximum Gasteiger partial charge on any atom is 0.323 e. The summed E-state index contributed by atoms with van der Waals surface area (Å²) in [4.78, 5) is 22.4. The highest BCUT2D eigenvalue weighted by Gasteiger charge is 2.14. The van der Waals surface area contributed by atoms with E-state index in [4.69, 9.17) is 14.2 Å². The van der Waals surface area contributed by atoms with Gasteiger partial charge in [0.25, 0.3) is 5.69 Å². The minimum absolute atomic E-state index is 0.136. The Balaban J connectivity index is 2.14. The number of amides is 2. The number of nitrogens with zero attached hydrogens (tertiary/aromatic N) is 1. The summed E-state index contributed by atoms with van der Waals surface area (Å²) < 4.78 is 15.4. The van der Waals surface area contributed by atoms with Gasteiger partial charge in [-0.2, -0.15) is 0 Å². The van der Waals surface area contributed by atoms with E-state index in [1.165, 1.54) is 39.5 Å². The molecule has 0 unspecified atom stereocenters. The zero-order chi connectivity index (χ0) is 18.4. The molecule has 9 heteroatoms. The number of carbonyl (C=O) groups excluding carboxylic acids is 1. The lowest BCUT2D eigenvalue weighted by atomic mass is 10.2. The molecular formula is C16H17N3O6. The van der Waals surface area contributed by atoms with Crippen LogP contribution in [0.1, 0.15) is 0 Å². The third-order valence-electron chi connectivity index (χ3n) is 3.29. The molecule has 25 heavy (non-hydrogen) atoms. The van der Waals surface area contributed by atoms with Gasteiger partial charge in [0.15, 0.2) is 11.5 Å². The first-order chi connectivity index (χ1) is 12.0. The number of nitro groups is 1. The van der Waals surface area contributed by atoms with E-state index < -0.39 is 11.0 Å². The molecule has 2 aromatic rings. The van der Waals surface area contributed by atoms with Crippen LogP contribution in [0.5, 0.6) is 17.2 Å². The van der Waals surface area contributed by atoms with E-state index >= 15 is 0 Å². The van der Waals surface area contributed by atoms with Crippen molar-refractivity contribution in [2.24, 2.45) is 0 Å². The maximum absolute atomic E-state index is 12.1. The molecule has 0 atom stereocenters. The predicted octanol–water partition coefficient (Wildman–Crippen LogP) is 3.26. The second kappa shape index (κ2) is 7.86. The zero-order valence-electron chi connectivity index (χ0n) is 13.9.